The molecule has 1 aromatic carbocycles. The van der Waals surface area contributed by atoms with Crippen molar-refractivity contribution in [3.05, 3.63) is 35.2 Å². The molecule has 0 radical (unpaired) electrons. The molecule has 2 aromatic rings. The smallest absolute Gasteiger partial charge is 0.220 e. The summed E-state index contributed by atoms with van der Waals surface area (Å²) in [4.78, 5) is 11.7. The minimum atomic E-state index is 0.129. The summed E-state index contributed by atoms with van der Waals surface area (Å²) in [6, 6.07) is 8.43. The number of carbonyl (C=O) groups excluding carboxylic acids is 1. The van der Waals surface area contributed by atoms with Gasteiger partial charge in [0, 0.05) is 17.7 Å². The van der Waals surface area contributed by atoms with E-state index in [4.69, 9.17) is 5.73 Å². The maximum atomic E-state index is 11.7. The van der Waals surface area contributed by atoms with Gasteiger partial charge in [-0.15, -0.1) is 11.3 Å². The Kier molecular flexibility index (Phi) is 5.56. The standard InChI is InChI=1S/C16H22N2OS/c1-12(9-17)10-18-16(19)8-4-5-13-11-20-15-7-3-2-6-14(13)15/h2-3,6-7,11-12H,4-5,8-10,17H2,1H3,(H,18,19). The zero-order chi connectivity index (χ0) is 14.4. The SMILES string of the molecule is CC(CN)CNC(=O)CCCc1csc2ccccc12. The van der Waals surface area contributed by atoms with Gasteiger partial charge in [0.2, 0.25) is 5.91 Å². The van der Waals surface area contributed by atoms with Gasteiger partial charge in [-0.2, -0.15) is 0 Å². The fourth-order valence-electron chi connectivity index (χ4n) is 2.13. The van der Waals surface area contributed by atoms with E-state index in [2.05, 4.69) is 35.0 Å². The van der Waals surface area contributed by atoms with Gasteiger partial charge in [-0.1, -0.05) is 25.1 Å². The number of carbonyl (C=O) groups is 1. The number of hydrogen-bond donors (Lipinski definition) is 2. The predicted octanol–water partition coefficient (Wildman–Crippen LogP) is 2.94. The van der Waals surface area contributed by atoms with Gasteiger partial charge in [-0.3, -0.25) is 4.79 Å². The van der Waals surface area contributed by atoms with Crippen molar-refractivity contribution in [2.45, 2.75) is 26.2 Å². The first-order chi connectivity index (χ1) is 9.70. The molecule has 1 amide bonds. The van der Waals surface area contributed by atoms with E-state index in [0.29, 0.717) is 25.4 Å². The average Bonchev–Trinajstić information content (AvgIpc) is 2.88. The number of fused-ring (bicyclic) bond motifs is 1. The Labute approximate surface area is 124 Å². The third-order valence-corrected chi connectivity index (χ3v) is 4.47. The lowest BCUT2D eigenvalue weighted by atomic mass is 10.1. The summed E-state index contributed by atoms with van der Waals surface area (Å²) >= 11 is 1.78. The van der Waals surface area contributed by atoms with Gasteiger partial charge in [0.1, 0.15) is 0 Å². The quantitative estimate of drug-likeness (QED) is 0.823. The molecule has 0 saturated heterocycles. The molecule has 0 bridgehead atoms. The molecular formula is C16H22N2OS. The molecule has 0 aliphatic rings. The highest BCUT2D eigenvalue weighted by molar-refractivity contribution is 7.17. The van der Waals surface area contributed by atoms with Crippen molar-refractivity contribution in [1.29, 1.82) is 0 Å². The van der Waals surface area contributed by atoms with Crippen molar-refractivity contribution >= 4 is 27.3 Å². The van der Waals surface area contributed by atoms with Crippen molar-refractivity contribution < 1.29 is 4.79 Å². The molecule has 1 unspecified atom stereocenters. The summed E-state index contributed by atoms with van der Waals surface area (Å²) in [5.41, 5.74) is 6.88. The molecule has 108 valence electrons. The van der Waals surface area contributed by atoms with Crippen LogP contribution in [0.15, 0.2) is 29.6 Å². The molecule has 20 heavy (non-hydrogen) atoms. The molecule has 3 nitrogen and oxygen atoms in total. The normalized spacial score (nSPS) is 12.5. The van der Waals surface area contributed by atoms with Crippen molar-refractivity contribution in [2.24, 2.45) is 11.7 Å². The summed E-state index contributed by atoms with van der Waals surface area (Å²) < 4.78 is 1.32. The van der Waals surface area contributed by atoms with Crippen molar-refractivity contribution in [3.63, 3.8) is 0 Å². The van der Waals surface area contributed by atoms with Gasteiger partial charge in [0.05, 0.1) is 0 Å². The van der Waals surface area contributed by atoms with Crippen LogP contribution in [-0.2, 0) is 11.2 Å². The number of thiophene rings is 1. The molecule has 1 aromatic heterocycles. The van der Waals surface area contributed by atoms with Gasteiger partial charge < -0.3 is 11.1 Å². The zero-order valence-corrected chi connectivity index (χ0v) is 12.7. The fourth-order valence-corrected chi connectivity index (χ4v) is 3.12. The van der Waals surface area contributed by atoms with Crippen LogP contribution in [0.1, 0.15) is 25.3 Å². The molecule has 0 aliphatic heterocycles. The van der Waals surface area contributed by atoms with E-state index in [9.17, 15) is 4.79 Å². The lowest BCUT2D eigenvalue weighted by molar-refractivity contribution is -0.121. The molecule has 0 saturated carbocycles. The van der Waals surface area contributed by atoms with Gasteiger partial charge in [0.25, 0.3) is 0 Å². The molecule has 1 atom stereocenters. The second-order valence-electron chi connectivity index (χ2n) is 5.26. The van der Waals surface area contributed by atoms with Crippen LogP contribution in [0.4, 0.5) is 0 Å². The predicted molar refractivity (Wildman–Crippen MR) is 86.0 cm³/mol. The average molecular weight is 290 g/mol. The Morgan fingerprint density at radius 1 is 1.40 bits per heavy atom. The van der Waals surface area contributed by atoms with E-state index in [1.807, 2.05) is 6.92 Å². The van der Waals surface area contributed by atoms with E-state index in [1.165, 1.54) is 15.6 Å². The van der Waals surface area contributed by atoms with Gasteiger partial charge in [-0.25, -0.2) is 0 Å². The molecule has 4 heteroatoms. The number of nitrogens with two attached hydrogens (primary N) is 1. The fraction of sp³-hybridized carbons (Fsp3) is 0.438. The number of benzene rings is 1. The Bertz CT molecular complexity index is 564. The van der Waals surface area contributed by atoms with Gasteiger partial charge >= 0.3 is 0 Å². The molecule has 0 aliphatic carbocycles. The van der Waals surface area contributed by atoms with Crippen LogP contribution in [0, 0.1) is 5.92 Å². The summed E-state index contributed by atoms with van der Waals surface area (Å²) in [5, 5.41) is 6.47. The molecule has 3 N–H and O–H groups in total. The second-order valence-corrected chi connectivity index (χ2v) is 6.17. The van der Waals surface area contributed by atoms with Crippen LogP contribution in [0.5, 0.6) is 0 Å². The second kappa shape index (κ2) is 7.41. The van der Waals surface area contributed by atoms with E-state index in [-0.39, 0.29) is 5.91 Å². The van der Waals surface area contributed by atoms with Crippen LogP contribution < -0.4 is 11.1 Å². The third-order valence-electron chi connectivity index (χ3n) is 3.46. The summed E-state index contributed by atoms with van der Waals surface area (Å²) in [5.74, 6) is 0.476. The highest BCUT2D eigenvalue weighted by Crippen LogP contribution is 2.26. The first kappa shape index (κ1) is 15.0. The Morgan fingerprint density at radius 2 is 2.20 bits per heavy atom. The maximum absolute atomic E-state index is 11.7. The highest BCUT2D eigenvalue weighted by Gasteiger charge is 2.06. The number of amides is 1. The first-order valence-electron chi connectivity index (χ1n) is 7.12. The van der Waals surface area contributed by atoms with E-state index in [0.717, 1.165) is 12.8 Å². The van der Waals surface area contributed by atoms with E-state index >= 15 is 0 Å². The van der Waals surface area contributed by atoms with Crippen LogP contribution in [0.25, 0.3) is 10.1 Å². The van der Waals surface area contributed by atoms with Crippen LogP contribution >= 0.6 is 11.3 Å². The van der Waals surface area contributed by atoms with Gasteiger partial charge in [0.15, 0.2) is 0 Å². The number of nitrogens with one attached hydrogen (secondary N) is 1. The van der Waals surface area contributed by atoms with Crippen molar-refractivity contribution in [2.75, 3.05) is 13.1 Å². The minimum Gasteiger partial charge on any atom is -0.356 e. The Morgan fingerprint density at radius 3 is 3.00 bits per heavy atom. The molecule has 1 heterocycles. The third kappa shape index (κ3) is 4.05. The molecule has 0 fully saturated rings. The summed E-state index contributed by atoms with van der Waals surface area (Å²) in [7, 11) is 0. The lowest BCUT2D eigenvalue weighted by Crippen LogP contribution is -2.31. The van der Waals surface area contributed by atoms with Gasteiger partial charge in [-0.05, 0) is 47.7 Å². The minimum absolute atomic E-state index is 0.129. The van der Waals surface area contributed by atoms with Crippen LogP contribution in [0.3, 0.4) is 0 Å². The number of aryl methyl sites for hydroxylation is 1. The summed E-state index contributed by atoms with van der Waals surface area (Å²) in [6.07, 6.45) is 2.44. The summed E-state index contributed by atoms with van der Waals surface area (Å²) in [6.45, 7) is 3.33. The first-order valence-corrected chi connectivity index (χ1v) is 8.00. The Hall–Kier alpha value is -1.39. The maximum Gasteiger partial charge on any atom is 0.220 e. The zero-order valence-electron chi connectivity index (χ0n) is 11.9. The monoisotopic (exact) mass is 290 g/mol. The lowest BCUT2D eigenvalue weighted by Gasteiger charge is -2.09. The van der Waals surface area contributed by atoms with E-state index < -0.39 is 0 Å². The van der Waals surface area contributed by atoms with E-state index in [1.54, 1.807) is 11.3 Å². The largest absolute Gasteiger partial charge is 0.356 e. The van der Waals surface area contributed by atoms with Crippen molar-refractivity contribution in [3.8, 4) is 0 Å². The van der Waals surface area contributed by atoms with Crippen molar-refractivity contribution in [1.82, 2.24) is 5.32 Å². The topological polar surface area (TPSA) is 55.1 Å². The molecule has 0 spiro atoms. The highest BCUT2D eigenvalue weighted by atomic mass is 32.1. The van der Waals surface area contributed by atoms with Crippen LogP contribution in [0.2, 0.25) is 0 Å². The number of rotatable bonds is 7. The molecule has 2 rings (SSSR count). The van der Waals surface area contributed by atoms with Crippen LogP contribution in [-0.4, -0.2) is 19.0 Å². The number of hydrogen-bond acceptors (Lipinski definition) is 3. The molecular weight excluding hydrogens is 268 g/mol. The Balaban J connectivity index is 1.77.